The highest BCUT2D eigenvalue weighted by molar-refractivity contribution is 5.99. The van der Waals surface area contributed by atoms with Crippen molar-refractivity contribution in [2.24, 2.45) is 0 Å². The molecule has 2 saturated heterocycles. The average Bonchev–Trinajstić information content (AvgIpc) is 3.58. The minimum atomic E-state index is 0.857. The number of anilines is 1. The molecule has 4 aromatic heterocycles. The number of likely N-dealkylation sites (tertiary alicyclic amines) is 1. The SMILES string of the molecule is c1cc(N2CCCCC2)c2cc(-c3n[nH]c4ccc(-c5cncc(CN6CCCCC6)c5)nc34)[nH]c2c1. The highest BCUT2D eigenvalue weighted by Crippen LogP contribution is 2.34. The number of fused-ring (bicyclic) bond motifs is 2. The maximum Gasteiger partial charge on any atom is 0.135 e. The van der Waals surface area contributed by atoms with Gasteiger partial charge in [-0.2, -0.15) is 5.10 Å². The molecule has 0 radical (unpaired) electrons. The van der Waals surface area contributed by atoms with E-state index in [-0.39, 0.29) is 0 Å². The number of nitrogens with one attached hydrogen (secondary N) is 2. The van der Waals surface area contributed by atoms with E-state index >= 15 is 0 Å². The van der Waals surface area contributed by atoms with Crippen LogP contribution in [0.1, 0.15) is 44.1 Å². The van der Waals surface area contributed by atoms with E-state index in [1.165, 1.54) is 68.3 Å². The van der Waals surface area contributed by atoms with Gasteiger partial charge in [0.05, 0.1) is 16.9 Å². The van der Waals surface area contributed by atoms with Gasteiger partial charge in [0.15, 0.2) is 0 Å². The van der Waals surface area contributed by atoms with Crippen molar-refractivity contribution in [1.82, 2.24) is 30.0 Å². The zero-order chi connectivity index (χ0) is 24.6. The zero-order valence-electron chi connectivity index (χ0n) is 21.2. The third kappa shape index (κ3) is 4.37. The van der Waals surface area contributed by atoms with Crippen molar-refractivity contribution >= 4 is 27.6 Å². The quantitative estimate of drug-likeness (QED) is 0.309. The predicted molar refractivity (Wildman–Crippen MR) is 150 cm³/mol. The molecule has 2 aliphatic heterocycles. The average molecular weight is 492 g/mol. The maximum atomic E-state index is 5.07. The van der Waals surface area contributed by atoms with Gasteiger partial charge in [-0.25, -0.2) is 4.98 Å². The fourth-order valence-corrected chi connectivity index (χ4v) is 6.01. The first-order valence-corrected chi connectivity index (χ1v) is 13.7. The van der Waals surface area contributed by atoms with Crippen molar-refractivity contribution in [1.29, 1.82) is 0 Å². The molecule has 6 heterocycles. The lowest BCUT2D eigenvalue weighted by Crippen LogP contribution is -2.29. The zero-order valence-corrected chi connectivity index (χ0v) is 21.2. The van der Waals surface area contributed by atoms with Crippen LogP contribution in [0.3, 0.4) is 0 Å². The van der Waals surface area contributed by atoms with Crippen LogP contribution < -0.4 is 4.90 Å². The van der Waals surface area contributed by atoms with Crippen molar-refractivity contribution < 1.29 is 0 Å². The summed E-state index contributed by atoms with van der Waals surface area (Å²) in [5.41, 5.74) is 9.33. The Morgan fingerprint density at radius 2 is 1.65 bits per heavy atom. The normalized spacial score (nSPS) is 17.1. The molecular weight excluding hydrogens is 458 g/mol. The molecule has 0 aliphatic carbocycles. The van der Waals surface area contributed by atoms with E-state index in [0.717, 1.165) is 58.8 Å². The summed E-state index contributed by atoms with van der Waals surface area (Å²) in [6.07, 6.45) is 11.7. The van der Waals surface area contributed by atoms with Gasteiger partial charge in [-0.1, -0.05) is 12.5 Å². The molecule has 2 fully saturated rings. The van der Waals surface area contributed by atoms with Crippen LogP contribution in [0.4, 0.5) is 5.69 Å². The van der Waals surface area contributed by atoms with Gasteiger partial charge >= 0.3 is 0 Å². The lowest BCUT2D eigenvalue weighted by molar-refractivity contribution is 0.220. The van der Waals surface area contributed by atoms with Gasteiger partial charge in [0.2, 0.25) is 0 Å². The molecular formula is C30H33N7. The van der Waals surface area contributed by atoms with E-state index in [1.54, 1.807) is 0 Å². The van der Waals surface area contributed by atoms with Gasteiger partial charge in [-0.3, -0.25) is 15.0 Å². The fourth-order valence-electron chi connectivity index (χ4n) is 6.01. The highest BCUT2D eigenvalue weighted by Gasteiger charge is 2.18. The van der Waals surface area contributed by atoms with Gasteiger partial charge < -0.3 is 9.88 Å². The monoisotopic (exact) mass is 491 g/mol. The van der Waals surface area contributed by atoms with Crippen LogP contribution in [0.5, 0.6) is 0 Å². The number of benzene rings is 1. The summed E-state index contributed by atoms with van der Waals surface area (Å²) in [6.45, 7) is 5.56. The van der Waals surface area contributed by atoms with Gasteiger partial charge in [0.1, 0.15) is 11.2 Å². The lowest BCUT2D eigenvalue weighted by Gasteiger charge is -2.29. The molecule has 7 rings (SSSR count). The first-order chi connectivity index (χ1) is 18.3. The molecule has 0 spiro atoms. The molecule has 0 amide bonds. The molecule has 2 aliphatic rings. The molecule has 5 aromatic rings. The Hall–Kier alpha value is -3.71. The van der Waals surface area contributed by atoms with Crippen LogP contribution in [0.25, 0.3) is 44.6 Å². The van der Waals surface area contributed by atoms with E-state index in [2.05, 4.69) is 72.4 Å². The Bertz CT molecular complexity index is 1540. The summed E-state index contributed by atoms with van der Waals surface area (Å²) in [5, 5.41) is 9.12. The minimum Gasteiger partial charge on any atom is -0.371 e. The third-order valence-corrected chi connectivity index (χ3v) is 7.95. The van der Waals surface area contributed by atoms with E-state index in [9.17, 15) is 0 Å². The minimum absolute atomic E-state index is 0.857. The Labute approximate surface area is 216 Å². The van der Waals surface area contributed by atoms with E-state index in [1.807, 2.05) is 12.4 Å². The van der Waals surface area contributed by atoms with Crippen molar-refractivity contribution in [3.63, 3.8) is 0 Å². The van der Waals surface area contributed by atoms with Crippen molar-refractivity contribution in [2.75, 3.05) is 31.1 Å². The highest BCUT2D eigenvalue weighted by atomic mass is 15.1. The second-order valence-electron chi connectivity index (χ2n) is 10.6. The summed E-state index contributed by atoms with van der Waals surface area (Å²) in [7, 11) is 0. The summed E-state index contributed by atoms with van der Waals surface area (Å²) in [4.78, 5) is 18.3. The molecule has 2 N–H and O–H groups in total. The van der Waals surface area contributed by atoms with Crippen LogP contribution in [0, 0.1) is 0 Å². The van der Waals surface area contributed by atoms with Crippen molar-refractivity contribution in [3.05, 3.63) is 60.4 Å². The summed E-state index contributed by atoms with van der Waals surface area (Å²) in [6, 6.07) is 15.2. The number of aromatic amines is 2. The number of pyridine rings is 2. The molecule has 37 heavy (non-hydrogen) atoms. The molecule has 1 aromatic carbocycles. The smallest absolute Gasteiger partial charge is 0.135 e. The molecule has 0 bridgehead atoms. The van der Waals surface area contributed by atoms with Crippen LogP contribution in [-0.2, 0) is 6.54 Å². The first-order valence-electron chi connectivity index (χ1n) is 13.7. The molecule has 188 valence electrons. The van der Waals surface area contributed by atoms with Crippen LogP contribution in [-0.4, -0.2) is 56.2 Å². The maximum absolute atomic E-state index is 5.07. The number of H-pyrrole nitrogens is 2. The number of aromatic nitrogens is 5. The Morgan fingerprint density at radius 3 is 2.51 bits per heavy atom. The summed E-state index contributed by atoms with van der Waals surface area (Å²) >= 11 is 0. The standard InChI is InChI=1S/C30H33N7/c1-3-12-36(13-4-1)20-21-16-22(19-31-18-21)24-10-11-26-29(33-24)30(35-34-26)27-17-23-25(32-27)8-7-9-28(23)37-14-5-2-6-15-37/h7-11,16-19,32H,1-6,12-15,20H2,(H,34,35). The Balaban J connectivity index is 1.23. The van der Waals surface area contributed by atoms with Gasteiger partial charge in [-0.05, 0) is 87.2 Å². The molecule has 0 saturated carbocycles. The van der Waals surface area contributed by atoms with Crippen LogP contribution in [0.15, 0.2) is 54.9 Å². The van der Waals surface area contributed by atoms with E-state index < -0.39 is 0 Å². The van der Waals surface area contributed by atoms with Crippen molar-refractivity contribution in [3.8, 4) is 22.6 Å². The third-order valence-electron chi connectivity index (χ3n) is 7.95. The number of hydrogen-bond acceptors (Lipinski definition) is 5. The van der Waals surface area contributed by atoms with Crippen LogP contribution >= 0.6 is 0 Å². The predicted octanol–water partition coefficient (Wildman–Crippen LogP) is 6.14. The number of rotatable bonds is 5. The molecule has 7 heteroatoms. The lowest BCUT2D eigenvalue weighted by atomic mass is 10.1. The fraction of sp³-hybridized carbons (Fsp3) is 0.367. The summed E-state index contributed by atoms with van der Waals surface area (Å²) < 4.78 is 0. The van der Waals surface area contributed by atoms with Gasteiger partial charge in [0.25, 0.3) is 0 Å². The largest absolute Gasteiger partial charge is 0.371 e. The molecule has 0 unspecified atom stereocenters. The van der Waals surface area contributed by atoms with Gasteiger partial charge in [-0.15, -0.1) is 0 Å². The number of piperidine rings is 2. The summed E-state index contributed by atoms with van der Waals surface area (Å²) in [5.74, 6) is 0. The Kier molecular flexibility index (Phi) is 5.85. The van der Waals surface area contributed by atoms with E-state index in [0.29, 0.717) is 0 Å². The van der Waals surface area contributed by atoms with Crippen LogP contribution in [0.2, 0.25) is 0 Å². The van der Waals surface area contributed by atoms with E-state index in [4.69, 9.17) is 4.98 Å². The van der Waals surface area contributed by atoms with Crippen molar-refractivity contribution in [2.45, 2.75) is 45.1 Å². The Morgan fingerprint density at radius 1 is 0.811 bits per heavy atom. The first kappa shape index (κ1) is 22.5. The number of hydrogen-bond donors (Lipinski definition) is 2. The number of nitrogens with zero attached hydrogens (tertiary/aromatic N) is 5. The second kappa shape index (κ2) is 9.63. The second-order valence-corrected chi connectivity index (χ2v) is 10.6. The molecule has 0 atom stereocenters. The molecule has 7 nitrogen and oxygen atoms in total. The van der Waals surface area contributed by atoms with Gasteiger partial charge in [0, 0.05) is 54.2 Å². The topological polar surface area (TPSA) is 76.7 Å².